The smallest absolute Gasteiger partial charge is 0.243 e. The molecule has 2 aliphatic carbocycles. The molecule has 0 heterocycles. The van der Waals surface area contributed by atoms with Crippen molar-refractivity contribution >= 4 is 47.6 Å². The Hall–Kier alpha value is -0.180. The molecule has 0 aromatic carbocycles. The number of hydrogen-bond acceptors (Lipinski definition) is 3. The summed E-state index contributed by atoms with van der Waals surface area (Å²) in [6.07, 6.45) is 10.8. The molecule has 7 heteroatoms. The molecule has 0 saturated heterocycles. The van der Waals surface area contributed by atoms with Gasteiger partial charge in [-0.15, -0.1) is 24.0 Å². The first-order valence-electron chi connectivity index (χ1n) is 8.39. The van der Waals surface area contributed by atoms with Crippen molar-refractivity contribution < 1.29 is 4.79 Å². The quantitative estimate of drug-likeness (QED) is 0.381. The molecule has 2 fully saturated rings. The van der Waals surface area contributed by atoms with E-state index in [0.717, 1.165) is 11.2 Å². The minimum absolute atomic E-state index is 0. The fourth-order valence-electron chi connectivity index (χ4n) is 3.16. The van der Waals surface area contributed by atoms with Crippen LogP contribution in [0.5, 0.6) is 0 Å². The van der Waals surface area contributed by atoms with E-state index in [1.165, 1.54) is 44.9 Å². The molecule has 2 atom stereocenters. The summed E-state index contributed by atoms with van der Waals surface area (Å²) < 4.78 is 0. The molecule has 1 amide bonds. The molecule has 0 aliphatic heterocycles. The standard InChI is InChI=1S/C16H30N4OS.HI/c1-20(2)15(21)11-17-16(18-12-6-4-5-7-12)19-13-8-9-14(10-13)22-3;/h12-14H,4-11H2,1-3H3,(H2,17,18,19);1H. The van der Waals surface area contributed by atoms with Gasteiger partial charge in [-0.25, -0.2) is 4.99 Å². The molecule has 0 bridgehead atoms. The van der Waals surface area contributed by atoms with E-state index in [9.17, 15) is 4.79 Å². The summed E-state index contributed by atoms with van der Waals surface area (Å²) in [6, 6.07) is 0.998. The number of halogens is 1. The Balaban J connectivity index is 0.00000264. The van der Waals surface area contributed by atoms with Gasteiger partial charge < -0.3 is 15.5 Å². The first-order chi connectivity index (χ1) is 10.6. The van der Waals surface area contributed by atoms with E-state index >= 15 is 0 Å². The minimum Gasteiger partial charge on any atom is -0.354 e. The summed E-state index contributed by atoms with van der Waals surface area (Å²) in [4.78, 5) is 17.9. The van der Waals surface area contributed by atoms with Crippen molar-refractivity contribution in [2.75, 3.05) is 26.9 Å². The van der Waals surface area contributed by atoms with Gasteiger partial charge in [-0.1, -0.05) is 12.8 Å². The fourth-order valence-corrected chi connectivity index (χ4v) is 3.96. The molecule has 5 nitrogen and oxygen atoms in total. The van der Waals surface area contributed by atoms with Crippen LogP contribution >= 0.6 is 35.7 Å². The zero-order valence-corrected chi connectivity index (χ0v) is 17.7. The van der Waals surface area contributed by atoms with Crippen LogP contribution in [0.15, 0.2) is 4.99 Å². The molecule has 0 radical (unpaired) electrons. The number of nitrogens with zero attached hydrogens (tertiary/aromatic N) is 2. The largest absolute Gasteiger partial charge is 0.354 e. The van der Waals surface area contributed by atoms with Gasteiger partial charge >= 0.3 is 0 Å². The van der Waals surface area contributed by atoms with Crippen LogP contribution in [0, 0.1) is 0 Å². The maximum absolute atomic E-state index is 11.8. The molecule has 134 valence electrons. The summed E-state index contributed by atoms with van der Waals surface area (Å²) in [6.45, 7) is 0.216. The number of nitrogens with one attached hydrogen (secondary N) is 2. The number of aliphatic imine (C=N–C) groups is 1. The maximum Gasteiger partial charge on any atom is 0.243 e. The van der Waals surface area contributed by atoms with Crippen molar-refractivity contribution in [3.63, 3.8) is 0 Å². The van der Waals surface area contributed by atoms with Gasteiger partial charge in [0.25, 0.3) is 0 Å². The number of hydrogen-bond donors (Lipinski definition) is 2. The topological polar surface area (TPSA) is 56.7 Å². The molecule has 2 rings (SSSR count). The lowest BCUT2D eigenvalue weighted by Gasteiger charge is -2.21. The van der Waals surface area contributed by atoms with Gasteiger partial charge in [-0.3, -0.25) is 4.79 Å². The third-order valence-corrected chi connectivity index (χ3v) is 5.72. The second-order valence-electron chi connectivity index (χ2n) is 6.59. The van der Waals surface area contributed by atoms with Crippen LogP contribution in [0.2, 0.25) is 0 Å². The van der Waals surface area contributed by atoms with Gasteiger partial charge in [0.15, 0.2) is 5.96 Å². The highest BCUT2D eigenvalue weighted by Gasteiger charge is 2.25. The second-order valence-corrected chi connectivity index (χ2v) is 7.73. The monoisotopic (exact) mass is 454 g/mol. The third-order valence-electron chi connectivity index (χ3n) is 4.63. The van der Waals surface area contributed by atoms with E-state index in [4.69, 9.17) is 0 Å². The van der Waals surface area contributed by atoms with Gasteiger partial charge in [0.2, 0.25) is 5.91 Å². The first kappa shape index (κ1) is 20.9. The number of likely N-dealkylation sites (N-methyl/N-ethyl adjacent to an activating group) is 1. The highest BCUT2D eigenvalue weighted by atomic mass is 127. The number of carbonyl (C=O) groups is 1. The predicted octanol–water partition coefficient (Wildman–Crippen LogP) is 2.45. The lowest BCUT2D eigenvalue weighted by molar-refractivity contribution is -0.127. The van der Waals surface area contributed by atoms with Crippen molar-refractivity contribution in [1.29, 1.82) is 0 Å². The Labute approximate surface area is 161 Å². The zero-order chi connectivity index (χ0) is 15.9. The number of guanidine groups is 1. The van der Waals surface area contributed by atoms with Gasteiger partial charge in [-0.2, -0.15) is 11.8 Å². The number of thioether (sulfide) groups is 1. The molecule has 23 heavy (non-hydrogen) atoms. The van der Waals surface area contributed by atoms with Crippen LogP contribution in [0.1, 0.15) is 44.9 Å². The van der Waals surface area contributed by atoms with E-state index in [-0.39, 0.29) is 36.4 Å². The van der Waals surface area contributed by atoms with Crippen LogP contribution in [0.25, 0.3) is 0 Å². The van der Waals surface area contributed by atoms with E-state index in [1.807, 2.05) is 11.8 Å². The van der Waals surface area contributed by atoms with Crippen molar-refractivity contribution in [3.05, 3.63) is 0 Å². The molecule has 2 unspecified atom stereocenters. The van der Waals surface area contributed by atoms with Gasteiger partial charge in [-0.05, 0) is 38.4 Å². The minimum atomic E-state index is 0. The van der Waals surface area contributed by atoms with Gasteiger partial charge in [0.05, 0.1) is 0 Å². The zero-order valence-electron chi connectivity index (χ0n) is 14.5. The Bertz CT molecular complexity index is 400. The third kappa shape index (κ3) is 7.07. The van der Waals surface area contributed by atoms with Crippen LogP contribution in [0.4, 0.5) is 0 Å². The highest BCUT2D eigenvalue weighted by molar-refractivity contribution is 14.0. The molecule has 2 saturated carbocycles. The Kier molecular flexibility index (Phi) is 9.65. The summed E-state index contributed by atoms with van der Waals surface area (Å²) in [5, 5.41) is 7.85. The number of carbonyl (C=O) groups excluding carboxylic acids is 1. The van der Waals surface area contributed by atoms with Crippen LogP contribution in [-0.4, -0.2) is 61.0 Å². The first-order valence-corrected chi connectivity index (χ1v) is 9.67. The SMILES string of the molecule is CSC1CCC(NC(=NCC(=O)N(C)C)NC2CCCC2)C1.I. The van der Waals surface area contributed by atoms with E-state index in [1.54, 1.807) is 19.0 Å². The summed E-state index contributed by atoms with van der Waals surface area (Å²) in [5.41, 5.74) is 0. The van der Waals surface area contributed by atoms with Crippen molar-refractivity contribution in [3.8, 4) is 0 Å². The molecule has 2 aliphatic rings. The van der Waals surface area contributed by atoms with Crippen molar-refractivity contribution in [1.82, 2.24) is 15.5 Å². The normalized spacial score (nSPS) is 25.1. The van der Waals surface area contributed by atoms with Gasteiger partial charge in [0, 0.05) is 31.4 Å². The van der Waals surface area contributed by atoms with Crippen LogP contribution < -0.4 is 10.6 Å². The highest BCUT2D eigenvalue weighted by Crippen LogP contribution is 2.28. The predicted molar refractivity (Wildman–Crippen MR) is 110 cm³/mol. The average Bonchev–Trinajstić information content (AvgIpc) is 3.15. The van der Waals surface area contributed by atoms with E-state index in [2.05, 4.69) is 21.9 Å². The summed E-state index contributed by atoms with van der Waals surface area (Å²) >= 11 is 1.96. The van der Waals surface area contributed by atoms with E-state index in [0.29, 0.717) is 12.1 Å². The number of rotatable bonds is 5. The molecular weight excluding hydrogens is 423 g/mol. The van der Waals surface area contributed by atoms with Crippen LogP contribution in [-0.2, 0) is 4.79 Å². The Morgan fingerprint density at radius 2 is 1.78 bits per heavy atom. The average molecular weight is 454 g/mol. The van der Waals surface area contributed by atoms with Crippen molar-refractivity contribution in [2.45, 2.75) is 62.3 Å². The van der Waals surface area contributed by atoms with E-state index < -0.39 is 0 Å². The number of amides is 1. The van der Waals surface area contributed by atoms with Gasteiger partial charge in [0.1, 0.15) is 6.54 Å². The molecule has 0 aromatic heterocycles. The Morgan fingerprint density at radius 1 is 1.13 bits per heavy atom. The fraction of sp³-hybridized carbons (Fsp3) is 0.875. The maximum atomic E-state index is 11.8. The van der Waals surface area contributed by atoms with Crippen molar-refractivity contribution in [2.24, 2.45) is 4.99 Å². The second kappa shape index (κ2) is 10.6. The molecule has 0 aromatic rings. The lowest BCUT2D eigenvalue weighted by Crippen LogP contribution is -2.46. The molecule has 2 N–H and O–H groups in total. The molecular formula is C16H31IN4OS. The summed E-state index contributed by atoms with van der Waals surface area (Å²) in [5.74, 6) is 0.870. The summed E-state index contributed by atoms with van der Waals surface area (Å²) in [7, 11) is 3.55. The molecule has 0 spiro atoms. The van der Waals surface area contributed by atoms with Crippen LogP contribution in [0.3, 0.4) is 0 Å². The Morgan fingerprint density at radius 3 is 2.35 bits per heavy atom. The lowest BCUT2D eigenvalue weighted by atomic mass is 10.2.